The summed E-state index contributed by atoms with van der Waals surface area (Å²) in [6.45, 7) is 0. The summed E-state index contributed by atoms with van der Waals surface area (Å²) in [5, 5.41) is 6.14. The maximum absolute atomic E-state index is 12.7. The van der Waals surface area contributed by atoms with Gasteiger partial charge in [-0.2, -0.15) is 17.9 Å². The second-order valence-electron chi connectivity index (χ2n) is 5.06. The van der Waals surface area contributed by atoms with Crippen molar-refractivity contribution in [1.29, 1.82) is 0 Å². The van der Waals surface area contributed by atoms with Gasteiger partial charge in [0.05, 0.1) is 11.3 Å². The Morgan fingerprint density at radius 3 is 2.48 bits per heavy atom. The number of aromatic amines is 1. The molecule has 0 aliphatic carbocycles. The van der Waals surface area contributed by atoms with Crippen LogP contribution in [0, 0.1) is 0 Å². The molecule has 0 atom stereocenters. The van der Waals surface area contributed by atoms with E-state index in [2.05, 4.69) is 15.4 Å². The van der Waals surface area contributed by atoms with Crippen molar-refractivity contribution < 1.29 is 18.0 Å². The van der Waals surface area contributed by atoms with Crippen LogP contribution in [0.15, 0.2) is 59.4 Å². The van der Waals surface area contributed by atoms with Gasteiger partial charge in [-0.05, 0) is 30.3 Å². The van der Waals surface area contributed by atoms with E-state index in [1.54, 1.807) is 30.3 Å². The van der Waals surface area contributed by atoms with Gasteiger partial charge in [-0.25, -0.2) is 4.79 Å². The molecule has 0 saturated carbocycles. The predicted molar refractivity (Wildman–Crippen MR) is 83.6 cm³/mol. The van der Waals surface area contributed by atoms with Crippen LogP contribution in [-0.4, -0.2) is 20.7 Å². The van der Waals surface area contributed by atoms with Crippen molar-refractivity contribution in [2.75, 3.05) is 5.32 Å². The van der Waals surface area contributed by atoms with Gasteiger partial charge in [-0.3, -0.25) is 9.78 Å². The maximum atomic E-state index is 12.7. The van der Waals surface area contributed by atoms with E-state index in [4.69, 9.17) is 0 Å². The van der Waals surface area contributed by atoms with E-state index in [0.29, 0.717) is 5.69 Å². The van der Waals surface area contributed by atoms with Crippen molar-refractivity contribution >= 4 is 11.6 Å². The Balaban J connectivity index is 1.85. The second kappa shape index (κ2) is 6.27. The highest BCUT2D eigenvalue weighted by Gasteiger charge is 2.30. The summed E-state index contributed by atoms with van der Waals surface area (Å²) >= 11 is 0. The summed E-state index contributed by atoms with van der Waals surface area (Å²) in [6, 6.07) is 12.5. The molecular formula is C16H11F3N4O2. The lowest BCUT2D eigenvalue weighted by Gasteiger charge is -2.09. The van der Waals surface area contributed by atoms with E-state index in [9.17, 15) is 22.8 Å². The number of para-hydroxylation sites is 1. The first kappa shape index (κ1) is 16.5. The summed E-state index contributed by atoms with van der Waals surface area (Å²) in [4.78, 5) is 26.3. The second-order valence-corrected chi connectivity index (χ2v) is 5.06. The zero-order valence-electron chi connectivity index (χ0n) is 12.5. The highest BCUT2D eigenvalue weighted by atomic mass is 19.4. The number of anilines is 1. The zero-order valence-corrected chi connectivity index (χ0v) is 12.5. The fourth-order valence-electron chi connectivity index (χ4n) is 2.13. The molecule has 0 fully saturated rings. The lowest BCUT2D eigenvalue weighted by atomic mass is 10.2. The zero-order chi connectivity index (χ0) is 18.0. The molecule has 25 heavy (non-hydrogen) atoms. The van der Waals surface area contributed by atoms with Crippen molar-refractivity contribution in [1.82, 2.24) is 14.8 Å². The molecule has 0 saturated heterocycles. The van der Waals surface area contributed by atoms with Crippen molar-refractivity contribution in [3.63, 3.8) is 0 Å². The molecular weight excluding hydrogens is 337 g/mol. The fourth-order valence-corrected chi connectivity index (χ4v) is 2.13. The molecule has 9 heteroatoms. The van der Waals surface area contributed by atoms with Gasteiger partial charge < -0.3 is 5.32 Å². The summed E-state index contributed by atoms with van der Waals surface area (Å²) in [5.41, 5.74) is -1.15. The average molecular weight is 348 g/mol. The molecule has 1 amide bonds. The molecule has 1 heterocycles. The van der Waals surface area contributed by atoms with E-state index in [-0.39, 0.29) is 11.5 Å². The van der Waals surface area contributed by atoms with Gasteiger partial charge in [0.25, 0.3) is 5.91 Å². The number of carbonyl (C=O) groups is 1. The van der Waals surface area contributed by atoms with Gasteiger partial charge in [0, 0.05) is 5.69 Å². The fraction of sp³-hybridized carbons (Fsp3) is 0.0625. The number of amides is 1. The van der Waals surface area contributed by atoms with Crippen LogP contribution in [0.1, 0.15) is 16.2 Å². The Labute approximate surface area is 138 Å². The van der Waals surface area contributed by atoms with E-state index in [0.717, 1.165) is 16.8 Å². The number of nitrogens with one attached hydrogen (secondary N) is 2. The SMILES string of the molecule is O=C(Nc1cccc(C(F)(F)F)c1)c1nn(-c2ccccc2)c(=O)[nH]1. The average Bonchev–Trinajstić information content (AvgIpc) is 2.97. The summed E-state index contributed by atoms with van der Waals surface area (Å²) in [5.74, 6) is -1.14. The van der Waals surface area contributed by atoms with E-state index in [1.165, 1.54) is 12.1 Å². The molecule has 0 spiro atoms. The minimum Gasteiger partial charge on any atom is -0.319 e. The number of nitrogens with zero attached hydrogens (tertiary/aromatic N) is 2. The first-order valence-corrected chi connectivity index (χ1v) is 7.08. The molecule has 3 rings (SSSR count). The molecule has 0 aliphatic rings. The molecule has 1 aromatic heterocycles. The van der Waals surface area contributed by atoms with Crippen LogP contribution in [0.3, 0.4) is 0 Å². The Morgan fingerprint density at radius 2 is 1.80 bits per heavy atom. The number of halogens is 3. The van der Waals surface area contributed by atoms with Crippen LogP contribution < -0.4 is 11.0 Å². The Morgan fingerprint density at radius 1 is 1.08 bits per heavy atom. The smallest absolute Gasteiger partial charge is 0.319 e. The highest BCUT2D eigenvalue weighted by molar-refractivity contribution is 6.01. The van der Waals surface area contributed by atoms with Gasteiger partial charge >= 0.3 is 11.9 Å². The first-order valence-electron chi connectivity index (χ1n) is 7.08. The molecule has 0 radical (unpaired) electrons. The van der Waals surface area contributed by atoms with Gasteiger partial charge in [-0.15, -0.1) is 5.10 Å². The van der Waals surface area contributed by atoms with Crippen LogP contribution in [0.5, 0.6) is 0 Å². The Kier molecular flexibility index (Phi) is 4.14. The van der Waals surface area contributed by atoms with Crippen LogP contribution in [0.4, 0.5) is 18.9 Å². The van der Waals surface area contributed by atoms with Crippen molar-refractivity contribution in [3.8, 4) is 5.69 Å². The Hall–Kier alpha value is -3.36. The first-order chi connectivity index (χ1) is 11.8. The quantitative estimate of drug-likeness (QED) is 0.764. The minimum absolute atomic E-state index is 0.0602. The summed E-state index contributed by atoms with van der Waals surface area (Å²) in [7, 11) is 0. The molecule has 0 bridgehead atoms. The summed E-state index contributed by atoms with van der Waals surface area (Å²) < 4.78 is 39.1. The molecule has 3 aromatic rings. The van der Waals surface area contributed by atoms with E-state index >= 15 is 0 Å². The largest absolute Gasteiger partial charge is 0.416 e. The molecule has 2 N–H and O–H groups in total. The lowest BCUT2D eigenvalue weighted by Crippen LogP contribution is -2.16. The predicted octanol–water partition coefficient (Wildman–Crippen LogP) is 2.83. The molecule has 2 aromatic carbocycles. The van der Waals surface area contributed by atoms with Gasteiger partial charge in [0.15, 0.2) is 0 Å². The summed E-state index contributed by atoms with van der Waals surface area (Å²) in [6.07, 6.45) is -4.52. The third-order valence-corrected chi connectivity index (χ3v) is 3.28. The number of rotatable bonds is 3. The number of H-pyrrole nitrogens is 1. The lowest BCUT2D eigenvalue weighted by molar-refractivity contribution is -0.137. The van der Waals surface area contributed by atoms with Gasteiger partial charge in [0.2, 0.25) is 5.82 Å². The van der Waals surface area contributed by atoms with Crippen LogP contribution >= 0.6 is 0 Å². The maximum Gasteiger partial charge on any atom is 0.416 e. The molecule has 0 aliphatic heterocycles. The van der Waals surface area contributed by atoms with E-state index < -0.39 is 23.3 Å². The van der Waals surface area contributed by atoms with Crippen molar-refractivity contribution in [2.45, 2.75) is 6.18 Å². The Bertz CT molecular complexity index is 961. The third kappa shape index (κ3) is 3.60. The van der Waals surface area contributed by atoms with Crippen LogP contribution in [0.2, 0.25) is 0 Å². The van der Waals surface area contributed by atoms with Crippen molar-refractivity contribution in [2.24, 2.45) is 0 Å². The van der Waals surface area contributed by atoms with Crippen LogP contribution in [-0.2, 0) is 6.18 Å². The normalized spacial score (nSPS) is 11.3. The number of alkyl halides is 3. The van der Waals surface area contributed by atoms with E-state index in [1.807, 2.05) is 0 Å². The molecule has 128 valence electrons. The number of carbonyl (C=O) groups excluding carboxylic acids is 1. The van der Waals surface area contributed by atoms with Crippen molar-refractivity contribution in [3.05, 3.63) is 76.5 Å². The third-order valence-electron chi connectivity index (χ3n) is 3.28. The number of aromatic nitrogens is 3. The molecule has 6 nitrogen and oxygen atoms in total. The standard InChI is InChI=1S/C16H11F3N4O2/c17-16(18,19)10-5-4-6-11(9-10)20-14(24)13-21-15(25)23(22-13)12-7-2-1-3-8-12/h1-9H,(H,20,24)(H,21,22,25). The minimum atomic E-state index is -4.52. The molecule has 0 unspecified atom stereocenters. The van der Waals surface area contributed by atoms with Gasteiger partial charge in [-0.1, -0.05) is 24.3 Å². The topological polar surface area (TPSA) is 79.8 Å². The number of hydrogen-bond acceptors (Lipinski definition) is 3. The van der Waals surface area contributed by atoms with Gasteiger partial charge in [0.1, 0.15) is 0 Å². The number of hydrogen-bond donors (Lipinski definition) is 2. The highest BCUT2D eigenvalue weighted by Crippen LogP contribution is 2.30. The number of benzene rings is 2. The van der Waals surface area contributed by atoms with Crippen LogP contribution in [0.25, 0.3) is 5.69 Å². The monoisotopic (exact) mass is 348 g/mol.